The molecule has 1 unspecified atom stereocenters. The number of halogens is 1. The molecule has 26 heavy (non-hydrogen) atoms. The normalized spacial score (nSPS) is 17.7. The van der Waals surface area contributed by atoms with Crippen molar-refractivity contribution in [3.63, 3.8) is 0 Å². The SMILES string of the molecule is CCNC(=NCc1noc(C)n1)N1CCC(NC(=O)OC(C)(C)C)C1.I. The smallest absolute Gasteiger partial charge is 0.407 e. The molecule has 0 aliphatic carbocycles. The van der Waals surface area contributed by atoms with Gasteiger partial charge in [0.15, 0.2) is 11.8 Å². The van der Waals surface area contributed by atoms with Gasteiger partial charge >= 0.3 is 6.09 Å². The van der Waals surface area contributed by atoms with Crippen LogP contribution in [0.15, 0.2) is 9.52 Å². The first-order valence-electron chi connectivity index (χ1n) is 8.59. The van der Waals surface area contributed by atoms with E-state index in [0.717, 1.165) is 25.5 Å². The summed E-state index contributed by atoms with van der Waals surface area (Å²) in [5, 5.41) is 10.0. The highest BCUT2D eigenvalue weighted by molar-refractivity contribution is 14.0. The lowest BCUT2D eigenvalue weighted by Gasteiger charge is -2.23. The summed E-state index contributed by atoms with van der Waals surface area (Å²) in [6.07, 6.45) is 0.453. The molecule has 1 aliphatic heterocycles. The second kappa shape index (κ2) is 9.93. The topological polar surface area (TPSA) is 105 Å². The molecule has 1 atom stereocenters. The summed E-state index contributed by atoms with van der Waals surface area (Å²) < 4.78 is 10.3. The Morgan fingerprint density at radius 2 is 2.19 bits per heavy atom. The van der Waals surface area contributed by atoms with Gasteiger partial charge < -0.3 is 24.8 Å². The quantitative estimate of drug-likeness (QED) is 0.386. The van der Waals surface area contributed by atoms with E-state index < -0.39 is 5.60 Å². The highest BCUT2D eigenvalue weighted by Gasteiger charge is 2.27. The predicted molar refractivity (Wildman–Crippen MR) is 109 cm³/mol. The number of rotatable bonds is 4. The molecule has 2 N–H and O–H groups in total. The number of likely N-dealkylation sites (tertiary alicyclic amines) is 1. The molecule has 0 saturated carbocycles. The minimum atomic E-state index is -0.499. The highest BCUT2D eigenvalue weighted by atomic mass is 127. The van der Waals surface area contributed by atoms with Crippen molar-refractivity contribution in [2.24, 2.45) is 4.99 Å². The largest absolute Gasteiger partial charge is 0.444 e. The average Bonchev–Trinajstić information content (AvgIpc) is 3.10. The van der Waals surface area contributed by atoms with Crippen LogP contribution in [0.2, 0.25) is 0 Å². The molecule has 2 heterocycles. The number of ether oxygens (including phenoxy) is 1. The molecule has 1 aliphatic rings. The number of aryl methyl sites for hydroxylation is 1. The molecule has 1 aromatic heterocycles. The van der Waals surface area contributed by atoms with Crippen LogP contribution in [0.4, 0.5) is 4.79 Å². The van der Waals surface area contributed by atoms with E-state index in [-0.39, 0.29) is 36.1 Å². The van der Waals surface area contributed by atoms with E-state index >= 15 is 0 Å². The van der Waals surface area contributed by atoms with Gasteiger partial charge in [0, 0.05) is 26.6 Å². The van der Waals surface area contributed by atoms with Gasteiger partial charge in [0.2, 0.25) is 5.89 Å². The van der Waals surface area contributed by atoms with Crippen molar-refractivity contribution in [2.75, 3.05) is 19.6 Å². The van der Waals surface area contributed by atoms with Crippen LogP contribution in [0.1, 0.15) is 45.8 Å². The number of amides is 1. The standard InChI is InChI=1S/C16H28N6O3.HI/c1-6-17-14(18-9-13-19-11(2)25-21-13)22-8-7-12(10-22)20-15(23)24-16(3,4)5;/h12H,6-10H2,1-5H3,(H,17,18)(H,20,23);1H. The maximum absolute atomic E-state index is 11.9. The number of carbonyl (C=O) groups excluding carboxylic acids is 1. The number of hydrogen-bond donors (Lipinski definition) is 2. The summed E-state index contributed by atoms with van der Waals surface area (Å²) in [5.41, 5.74) is -0.499. The fourth-order valence-electron chi connectivity index (χ4n) is 2.52. The number of nitrogens with zero attached hydrogens (tertiary/aromatic N) is 4. The molecule has 148 valence electrons. The number of aromatic nitrogens is 2. The Morgan fingerprint density at radius 1 is 1.46 bits per heavy atom. The summed E-state index contributed by atoms with van der Waals surface area (Å²) >= 11 is 0. The molecule has 9 nitrogen and oxygen atoms in total. The third kappa shape index (κ3) is 7.34. The Bertz CT molecular complexity index is 613. The summed E-state index contributed by atoms with van der Waals surface area (Å²) in [7, 11) is 0. The molecule has 2 rings (SSSR count). The molecular formula is C16H29IN6O3. The summed E-state index contributed by atoms with van der Waals surface area (Å²) in [6.45, 7) is 11.9. The number of guanidine groups is 1. The van der Waals surface area contributed by atoms with Crippen LogP contribution in [0.5, 0.6) is 0 Å². The zero-order valence-corrected chi connectivity index (χ0v) is 18.4. The van der Waals surface area contributed by atoms with Gasteiger partial charge in [-0.2, -0.15) is 4.98 Å². The molecule has 1 amide bonds. The van der Waals surface area contributed by atoms with Gasteiger partial charge in [0.1, 0.15) is 12.1 Å². The molecule has 0 aromatic carbocycles. The number of carbonyl (C=O) groups is 1. The molecule has 0 bridgehead atoms. The van der Waals surface area contributed by atoms with Gasteiger partial charge in [0.25, 0.3) is 0 Å². The summed E-state index contributed by atoms with van der Waals surface area (Å²) in [6, 6.07) is 0.0334. The van der Waals surface area contributed by atoms with Crippen molar-refractivity contribution in [3.8, 4) is 0 Å². The third-order valence-electron chi connectivity index (χ3n) is 3.48. The molecule has 10 heteroatoms. The molecule has 0 spiro atoms. The van der Waals surface area contributed by atoms with Crippen molar-refractivity contribution >= 4 is 36.0 Å². The van der Waals surface area contributed by atoms with Crippen molar-refractivity contribution in [1.82, 2.24) is 25.7 Å². The van der Waals surface area contributed by atoms with E-state index in [1.165, 1.54) is 0 Å². The maximum atomic E-state index is 11.9. The molecule has 1 fully saturated rings. The van der Waals surface area contributed by atoms with Crippen LogP contribution in [0.3, 0.4) is 0 Å². The van der Waals surface area contributed by atoms with Crippen LogP contribution in [-0.2, 0) is 11.3 Å². The van der Waals surface area contributed by atoms with Crippen LogP contribution in [-0.4, -0.2) is 58.4 Å². The Kier molecular flexibility index (Phi) is 8.57. The van der Waals surface area contributed by atoms with Gasteiger partial charge in [-0.3, -0.25) is 0 Å². The summed E-state index contributed by atoms with van der Waals surface area (Å²) in [4.78, 5) is 22.7. The van der Waals surface area contributed by atoms with E-state index in [4.69, 9.17) is 9.26 Å². The third-order valence-corrected chi connectivity index (χ3v) is 3.48. The maximum Gasteiger partial charge on any atom is 0.407 e. The number of nitrogens with one attached hydrogen (secondary N) is 2. The highest BCUT2D eigenvalue weighted by Crippen LogP contribution is 2.12. The van der Waals surface area contributed by atoms with E-state index in [2.05, 4.69) is 30.7 Å². The lowest BCUT2D eigenvalue weighted by molar-refractivity contribution is 0.0507. The minimum absolute atomic E-state index is 0. The Balaban J connectivity index is 0.00000338. The second-order valence-corrected chi connectivity index (χ2v) is 6.98. The van der Waals surface area contributed by atoms with Crippen molar-refractivity contribution in [1.29, 1.82) is 0 Å². The van der Waals surface area contributed by atoms with Gasteiger partial charge in [-0.25, -0.2) is 9.79 Å². The van der Waals surface area contributed by atoms with Crippen molar-refractivity contribution < 1.29 is 14.1 Å². The molecular weight excluding hydrogens is 451 g/mol. The Hall–Kier alpha value is -1.59. The first kappa shape index (κ1) is 22.5. The zero-order valence-electron chi connectivity index (χ0n) is 16.0. The first-order chi connectivity index (χ1) is 11.8. The fourth-order valence-corrected chi connectivity index (χ4v) is 2.52. The first-order valence-corrected chi connectivity index (χ1v) is 8.59. The lowest BCUT2D eigenvalue weighted by Crippen LogP contribution is -2.44. The van der Waals surface area contributed by atoms with E-state index in [1.807, 2.05) is 27.7 Å². The van der Waals surface area contributed by atoms with Crippen molar-refractivity contribution in [3.05, 3.63) is 11.7 Å². The van der Waals surface area contributed by atoms with Gasteiger partial charge in [0.05, 0.1) is 6.04 Å². The van der Waals surface area contributed by atoms with E-state index in [0.29, 0.717) is 24.8 Å². The second-order valence-electron chi connectivity index (χ2n) is 6.98. The van der Waals surface area contributed by atoms with Crippen molar-refractivity contribution in [2.45, 2.75) is 59.2 Å². The van der Waals surface area contributed by atoms with Crippen LogP contribution in [0.25, 0.3) is 0 Å². The number of hydrogen-bond acceptors (Lipinski definition) is 6. The lowest BCUT2D eigenvalue weighted by atomic mass is 10.2. The fraction of sp³-hybridized carbons (Fsp3) is 0.750. The number of aliphatic imine (C=N–C) groups is 1. The van der Waals surface area contributed by atoms with Gasteiger partial charge in [-0.15, -0.1) is 24.0 Å². The van der Waals surface area contributed by atoms with Gasteiger partial charge in [-0.05, 0) is 34.1 Å². The van der Waals surface area contributed by atoms with E-state index in [9.17, 15) is 4.79 Å². The summed E-state index contributed by atoms with van der Waals surface area (Å²) in [5.74, 6) is 1.85. The minimum Gasteiger partial charge on any atom is -0.444 e. The Morgan fingerprint density at radius 3 is 2.77 bits per heavy atom. The molecule has 1 saturated heterocycles. The van der Waals surface area contributed by atoms with Crippen LogP contribution >= 0.6 is 24.0 Å². The van der Waals surface area contributed by atoms with Crippen LogP contribution < -0.4 is 10.6 Å². The monoisotopic (exact) mass is 480 g/mol. The average molecular weight is 480 g/mol. The van der Waals surface area contributed by atoms with Crippen LogP contribution in [0, 0.1) is 6.92 Å². The van der Waals surface area contributed by atoms with E-state index in [1.54, 1.807) is 6.92 Å². The molecule has 1 aromatic rings. The zero-order chi connectivity index (χ0) is 18.4. The molecule has 0 radical (unpaired) electrons. The van der Waals surface area contributed by atoms with Gasteiger partial charge in [-0.1, -0.05) is 5.16 Å². The Labute approximate surface area is 171 Å². The predicted octanol–water partition coefficient (Wildman–Crippen LogP) is 2.06. The number of alkyl carbamates (subject to hydrolysis) is 1.